The van der Waals surface area contributed by atoms with Crippen molar-refractivity contribution < 1.29 is 22.6 Å². The number of halogens is 3. The van der Waals surface area contributed by atoms with Gasteiger partial charge in [-0.2, -0.15) is 18.2 Å². The number of hydrogen-bond donors (Lipinski definition) is 0. The fourth-order valence-corrected chi connectivity index (χ4v) is 0.854. The van der Waals surface area contributed by atoms with Crippen LogP contribution < -0.4 is 9.47 Å². The molecule has 1 aromatic rings. The van der Waals surface area contributed by atoms with Crippen molar-refractivity contribution >= 4 is 0 Å². The molecule has 6 heteroatoms. The zero-order chi connectivity index (χ0) is 10.8. The number of rotatable bonds is 2. The fourth-order valence-electron chi connectivity index (χ4n) is 0.854. The van der Waals surface area contributed by atoms with Crippen LogP contribution in [0.15, 0.2) is 12.1 Å². The number of ether oxygens (including phenoxy) is 2. The van der Waals surface area contributed by atoms with Gasteiger partial charge in [-0.05, 0) is 0 Å². The van der Waals surface area contributed by atoms with Crippen LogP contribution in [0.5, 0.6) is 11.8 Å². The average molecular weight is 207 g/mol. The highest BCUT2D eigenvalue weighted by molar-refractivity contribution is 5.30. The van der Waals surface area contributed by atoms with Crippen LogP contribution in [0.2, 0.25) is 0 Å². The van der Waals surface area contributed by atoms with Crippen molar-refractivity contribution in [2.45, 2.75) is 6.18 Å². The molecular weight excluding hydrogens is 199 g/mol. The number of methoxy groups -OCH3 is 2. The van der Waals surface area contributed by atoms with Gasteiger partial charge in [0.2, 0.25) is 11.8 Å². The van der Waals surface area contributed by atoms with E-state index in [0.717, 1.165) is 12.1 Å². The summed E-state index contributed by atoms with van der Waals surface area (Å²) in [4.78, 5) is 3.64. The summed E-state index contributed by atoms with van der Waals surface area (Å²) in [6.45, 7) is 0. The van der Waals surface area contributed by atoms with Crippen molar-refractivity contribution in [2.24, 2.45) is 0 Å². The Morgan fingerprint density at radius 3 is 1.79 bits per heavy atom. The summed E-state index contributed by atoms with van der Waals surface area (Å²) >= 11 is 0. The molecule has 1 rings (SSSR count). The second kappa shape index (κ2) is 3.73. The Kier molecular flexibility index (Phi) is 2.83. The summed E-state index contributed by atoms with van der Waals surface area (Å²) < 4.78 is 46.0. The Balaban J connectivity index is 3.17. The second-order valence-corrected chi connectivity index (χ2v) is 2.44. The normalized spacial score (nSPS) is 11.2. The van der Waals surface area contributed by atoms with Crippen LogP contribution in [-0.2, 0) is 6.18 Å². The number of nitrogens with zero attached hydrogens (tertiary/aromatic N) is 1. The minimum Gasteiger partial charge on any atom is -0.481 e. The van der Waals surface area contributed by atoms with Gasteiger partial charge in [-0.1, -0.05) is 0 Å². The molecule has 0 aliphatic rings. The molecule has 0 bridgehead atoms. The van der Waals surface area contributed by atoms with Gasteiger partial charge in [0.05, 0.1) is 19.8 Å². The smallest absolute Gasteiger partial charge is 0.416 e. The first-order valence-electron chi connectivity index (χ1n) is 3.64. The Bertz CT molecular complexity index is 303. The van der Waals surface area contributed by atoms with Gasteiger partial charge in [-0.25, -0.2) is 0 Å². The summed E-state index contributed by atoms with van der Waals surface area (Å²) in [7, 11) is 2.48. The van der Waals surface area contributed by atoms with E-state index in [1.165, 1.54) is 14.2 Å². The van der Waals surface area contributed by atoms with E-state index < -0.39 is 11.7 Å². The van der Waals surface area contributed by atoms with Gasteiger partial charge in [-0.3, -0.25) is 0 Å². The van der Waals surface area contributed by atoms with Crippen LogP contribution >= 0.6 is 0 Å². The molecule has 14 heavy (non-hydrogen) atoms. The van der Waals surface area contributed by atoms with Crippen LogP contribution in [0.25, 0.3) is 0 Å². The van der Waals surface area contributed by atoms with Gasteiger partial charge < -0.3 is 9.47 Å². The first-order valence-corrected chi connectivity index (χ1v) is 3.64. The molecule has 3 nitrogen and oxygen atoms in total. The molecular formula is C8H8F3NO2. The Hall–Kier alpha value is -1.46. The zero-order valence-electron chi connectivity index (χ0n) is 7.55. The molecule has 0 saturated heterocycles. The monoisotopic (exact) mass is 207 g/mol. The summed E-state index contributed by atoms with van der Waals surface area (Å²) in [5, 5.41) is 0. The van der Waals surface area contributed by atoms with E-state index in [4.69, 9.17) is 0 Å². The van der Waals surface area contributed by atoms with Crippen LogP contribution in [-0.4, -0.2) is 19.2 Å². The Morgan fingerprint density at radius 2 is 1.50 bits per heavy atom. The maximum Gasteiger partial charge on any atom is 0.416 e. The third-order valence-corrected chi connectivity index (χ3v) is 1.52. The second-order valence-electron chi connectivity index (χ2n) is 2.44. The number of alkyl halides is 3. The lowest BCUT2D eigenvalue weighted by Gasteiger charge is -2.09. The summed E-state index contributed by atoms with van der Waals surface area (Å²) in [5.41, 5.74) is -0.846. The molecule has 0 aliphatic heterocycles. The fraction of sp³-hybridized carbons (Fsp3) is 0.375. The molecule has 1 aromatic heterocycles. The lowest BCUT2D eigenvalue weighted by atomic mass is 10.2. The van der Waals surface area contributed by atoms with E-state index in [2.05, 4.69) is 14.5 Å². The molecule has 0 radical (unpaired) electrons. The van der Waals surface area contributed by atoms with Gasteiger partial charge in [0.25, 0.3) is 0 Å². The van der Waals surface area contributed by atoms with Crippen LogP contribution in [0, 0.1) is 0 Å². The highest BCUT2D eigenvalue weighted by atomic mass is 19.4. The van der Waals surface area contributed by atoms with E-state index in [0.29, 0.717) is 0 Å². The van der Waals surface area contributed by atoms with E-state index >= 15 is 0 Å². The van der Waals surface area contributed by atoms with Crippen LogP contribution in [0.4, 0.5) is 13.2 Å². The summed E-state index contributed by atoms with van der Waals surface area (Å²) in [5.74, 6) is -0.256. The standard InChI is InChI=1S/C8H8F3NO2/c1-13-6-3-5(8(9,10)11)4-7(12-6)14-2/h3-4H,1-2H3. The third-order valence-electron chi connectivity index (χ3n) is 1.52. The third kappa shape index (κ3) is 2.27. The molecule has 0 fully saturated rings. The molecule has 78 valence electrons. The predicted octanol–water partition coefficient (Wildman–Crippen LogP) is 2.12. The molecule has 1 heterocycles. The SMILES string of the molecule is COc1cc(C(F)(F)F)cc(OC)n1. The number of pyridine rings is 1. The lowest BCUT2D eigenvalue weighted by Crippen LogP contribution is -2.06. The first kappa shape index (κ1) is 10.6. The quantitative estimate of drug-likeness (QED) is 0.744. The van der Waals surface area contributed by atoms with E-state index in [1.807, 2.05) is 0 Å². The van der Waals surface area contributed by atoms with Crippen molar-refractivity contribution in [1.29, 1.82) is 0 Å². The van der Waals surface area contributed by atoms with Crippen molar-refractivity contribution in [3.05, 3.63) is 17.7 Å². The Labute approximate surface area is 78.5 Å². The topological polar surface area (TPSA) is 31.4 Å². The maximum atomic E-state index is 12.3. The minimum atomic E-state index is -4.43. The van der Waals surface area contributed by atoms with Crippen molar-refractivity contribution in [3.8, 4) is 11.8 Å². The average Bonchev–Trinajstić information content (AvgIpc) is 2.15. The maximum absolute atomic E-state index is 12.3. The molecule has 0 atom stereocenters. The molecule has 0 saturated carbocycles. The lowest BCUT2D eigenvalue weighted by molar-refractivity contribution is -0.137. The predicted molar refractivity (Wildman–Crippen MR) is 42.3 cm³/mol. The number of hydrogen-bond acceptors (Lipinski definition) is 3. The first-order chi connectivity index (χ1) is 6.47. The van der Waals surface area contributed by atoms with E-state index in [-0.39, 0.29) is 11.8 Å². The largest absolute Gasteiger partial charge is 0.481 e. The van der Waals surface area contributed by atoms with E-state index in [1.54, 1.807) is 0 Å². The van der Waals surface area contributed by atoms with Gasteiger partial charge in [0.15, 0.2) is 0 Å². The molecule has 0 aliphatic carbocycles. The molecule has 0 amide bonds. The molecule has 0 unspecified atom stereocenters. The minimum absolute atomic E-state index is 0.128. The van der Waals surface area contributed by atoms with Gasteiger partial charge in [0, 0.05) is 12.1 Å². The highest BCUT2D eigenvalue weighted by Crippen LogP contribution is 2.32. The van der Waals surface area contributed by atoms with Crippen molar-refractivity contribution in [1.82, 2.24) is 4.98 Å². The molecule has 0 spiro atoms. The number of aromatic nitrogens is 1. The highest BCUT2D eigenvalue weighted by Gasteiger charge is 2.32. The van der Waals surface area contributed by atoms with Crippen molar-refractivity contribution in [3.63, 3.8) is 0 Å². The zero-order valence-corrected chi connectivity index (χ0v) is 7.55. The van der Waals surface area contributed by atoms with Crippen LogP contribution in [0.3, 0.4) is 0 Å². The Morgan fingerprint density at radius 1 is 1.07 bits per heavy atom. The van der Waals surface area contributed by atoms with Gasteiger partial charge in [-0.15, -0.1) is 0 Å². The molecule has 0 aromatic carbocycles. The van der Waals surface area contributed by atoms with Gasteiger partial charge >= 0.3 is 6.18 Å². The van der Waals surface area contributed by atoms with Gasteiger partial charge in [0.1, 0.15) is 0 Å². The summed E-state index contributed by atoms with van der Waals surface area (Å²) in [6, 6.07) is 1.62. The van der Waals surface area contributed by atoms with Crippen molar-refractivity contribution in [2.75, 3.05) is 14.2 Å². The molecule has 0 N–H and O–H groups in total. The van der Waals surface area contributed by atoms with E-state index in [9.17, 15) is 13.2 Å². The summed E-state index contributed by atoms with van der Waals surface area (Å²) in [6.07, 6.45) is -4.43. The van der Waals surface area contributed by atoms with Crippen LogP contribution in [0.1, 0.15) is 5.56 Å².